The third kappa shape index (κ3) is 3.94. The summed E-state index contributed by atoms with van der Waals surface area (Å²) in [6, 6.07) is 0. The van der Waals surface area contributed by atoms with Crippen molar-refractivity contribution in [1.29, 1.82) is 0 Å². The van der Waals surface area contributed by atoms with E-state index in [0.717, 1.165) is 12.8 Å². The number of nitrogens with one attached hydrogen (secondary N) is 3. The summed E-state index contributed by atoms with van der Waals surface area (Å²) >= 11 is 0. The Morgan fingerprint density at radius 1 is 1.07 bits per heavy atom. The average molecular weight is 214 g/mol. The maximum atomic E-state index is 11.1. The van der Waals surface area contributed by atoms with Gasteiger partial charge in [0, 0.05) is 19.0 Å². The van der Waals surface area contributed by atoms with E-state index < -0.39 is 11.8 Å². The zero-order chi connectivity index (χ0) is 11.3. The highest BCUT2D eigenvalue weighted by molar-refractivity contribution is 6.34. The summed E-state index contributed by atoms with van der Waals surface area (Å²) in [6.07, 6.45) is 1.88. The van der Waals surface area contributed by atoms with E-state index in [1.165, 1.54) is 0 Å². The first-order valence-electron chi connectivity index (χ1n) is 4.71. The van der Waals surface area contributed by atoms with E-state index >= 15 is 0 Å². The first-order valence-corrected chi connectivity index (χ1v) is 4.71. The minimum atomic E-state index is -0.900. The van der Waals surface area contributed by atoms with E-state index in [2.05, 4.69) is 10.6 Å². The van der Waals surface area contributed by atoms with Crippen LogP contribution in [0.2, 0.25) is 0 Å². The fourth-order valence-electron chi connectivity index (χ4n) is 0.997. The van der Waals surface area contributed by atoms with Crippen molar-refractivity contribution in [3.8, 4) is 0 Å². The normalized spacial score (nSPS) is 14.2. The molecule has 1 rings (SSSR count). The van der Waals surface area contributed by atoms with E-state index in [4.69, 9.17) is 5.84 Å². The highest BCUT2D eigenvalue weighted by Gasteiger charge is 2.28. The summed E-state index contributed by atoms with van der Waals surface area (Å²) in [5.74, 6) is 3.19. The summed E-state index contributed by atoms with van der Waals surface area (Å²) in [6.45, 7) is 0.531. The molecule has 3 amide bonds. The lowest BCUT2D eigenvalue weighted by Crippen LogP contribution is -2.45. The van der Waals surface area contributed by atoms with E-state index in [-0.39, 0.29) is 18.4 Å². The number of hydrogen-bond acceptors (Lipinski definition) is 4. The van der Waals surface area contributed by atoms with Gasteiger partial charge in [0.05, 0.1) is 0 Å². The molecule has 0 aromatic heterocycles. The van der Waals surface area contributed by atoms with Crippen LogP contribution in [0.5, 0.6) is 0 Å². The molecule has 15 heavy (non-hydrogen) atoms. The number of hydrazine groups is 1. The van der Waals surface area contributed by atoms with Gasteiger partial charge in [0.15, 0.2) is 0 Å². The predicted octanol–water partition coefficient (Wildman–Crippen LogP) is -2.38. The molecule has 0 saturated heterocycles. The quantitative estimate of drug-likeness (QED) is 0.137. The fraction of sp³-hybridized carbons (Fsp3) is 0.625. The number of nitrogens with two attached hydrogens (primary N) is 1. The van der Waals surface area contributed by atoms with Crippen molar-refractivity contribution in [2.75, 3.05) is 13.1 Å². The van der Waals surface area contributed by atoms with Crippen molar-refractivity contribution in [3.63, 3.8) is 0 Å². The Labute approximate surface area is 86.7 Å². The number of amides is 3. The number of carbonyl (C=O) groups is 3. The maximum absolute atomic E-state index is 11.1. The topological polar surface area (TPSA) is 113 Å². The van der Waals surface area contributed by atoms with Crippen molar-refractivity contribution in [3.05, 3.63) is 0 Å². The summed E-state index contributed by atoms with van der Waals surface area (Å²) in [5.41, 5.74) is 1.70. The average Bonchev–Trinajstić information content (AvgIpc) is 3.06. The van der Waals surface area contributed by atoms with Gasteiger partial charge in [-0.05, 0) is 12.8 Å². The van der Waals surface area contributed by atoms with Gasteiger partial charge in [0.1, 0.15) is 0 Å². The van der Waals surface area contributed by atoms with Gasteiger partial charge in [0.25, 0.3) is 0 Å². The van der Waals surface area contributed by atoms with Crippen LogP contribution >= 0.6 is 0 Å². The Hall–Kier alpha value is -1.63. The lowest BCUT2D eigenvalue weighted by Gasteiger charge is -2.05. The van der Waals surface area contributed by atoms with Gasteiger partial charge < -0.3 is 10.6 Å². The SMILES string of the molecule is NNC(=O)C(=O)NCCNC(=O)C1CC1. The molecule has 0 aromatic carbocycles. The van der Waals surface area contributed by atoms with Crippen LogP contribution in [-0.2, 0) is 14.4 Å². The molecule has 1 aliphatic carbocycles. The summed E-state index contributed by atoms with van der Waals surface area (Å²) < 4.78 is 0. The van der Waals surface area contributed by atoms with Gasteiger partial charge in [-0.25, -0.2) is 5.84 Å². The molecule has 1 fully saturated rings. The summed E-state index contributed by atoms with van der Waals surface area (Å²) in [4.78, 5) is 32.6. The second kappa shape index (κ2) is 5.30. The van der Waals surface area contributed by atoms with Crippen LogP contribution < -0.4 is 21.9 Å². The molecule has 7 nitrogen and oxygen atoms in total. The molecule has 0 aromatic rings. The molecule has 0 heterocycles. The molecule has 0 bridgehead atoms. The van der Waals surface area contributed by atoms with E-state index in [0.29, 0.717) is 6.54 Å². The van der Waals surface area contributed by atoms with Gasteiger partial charge >= 0.3 is 11.8 Å². The molecule has 5 N–H and O–H groups in total. The van der Waals surface area contributed by atoms with Gasteiger partial charge in [-0.15, -0.1) is 0 Å². The fourth-order valence-corrected chi connectivity index (χ4v) is 0.997. The molecule has 0 unspecified atom stereocenters. The molecule has 0 spiro atoms. The highest BCUT2D eigenvalue weighted by atomic mass is 16.2. The summed E-state index contributed by atoms with van der Waals surface area (Å²) in [5, 5.41) is 4.94. The smallest absolute Gasteiger partial charge is 0.323 e. The maximum Gasteiger partial charge on any atom is 0.323 e. The van der Waals surface area contributed by atoms with Crippen molar-refractivity contribution >= 4 is 17.7 Å². The monoisotopic (exact) mass is 214 g/mol. The zero-order valence-electron chi connectivity index (χ0n) is 8.21. The van der Waals surface area contributed by atoms with Crippen LogP contribution in [0.15, 0.2) is 0 Å². The number of carbonyl (C=O) groups excluding carboxylic acids is 3. The zero-order valence-corrected chi connectivity index (χ0v) is 8.21. The van der Waals surface area contributed by atoms with Crippen molar-refractivity contribution < 1.29 is 14.4 Å². The van der Waals surface area contributed by atoms with E-state index in [1.807, 2.05) is 0 Å². The molecule has 84 valence electrons. The molecule has 0 aliphatic heterocycles. The Morgan fingerprint density at radius 2 is 1.67 bits per heavy atom. The largest absolute Gasteiger partial charge is 0.354 e. The van der Waals surface area contributed by atoms with Gasteiger partial charge in [-0.3, -0.25) is 19.8 Å². The van der Waals surface area contributed by atoms with Crippen LogP contribution in [0.25, 0.3) is 0 Å². The molecule has 7 heteroatoms. The first kappa shape index (κ1) is 11.4. The Kier molecular flexibility index (Phi) is 4.04. The number of rotatable bonds is 4. The third-order valence-electron chi connectivity index (χ3n) is 2.00. The van der Waals surface area contributed by atoms with Gasteiger partial charge in [-0.1, -0.05) is 0 Å². The van der Waals surface area contributed by atoms with Crippen molar-refractivity contribution in [1.82, 2.24) is 16.1 Å². The standard InChI is InChI=1S/C8H14N4O3/c9-12-8(15)7(14)11-4-3-10-6(13)5-1-2-5/h5H,1-4,9H2,(H,10,13)(H,11,14)(H,12,15). The van der Waals surface area contributed by atoms with Crippen LogP contribution in [0.1, 0.15) is 12.8 Å². The second-order valence-corrected chi connectivity index (χ2v) is 3.29. The Balaban J connectivity index is 2.03. The highest BCUT2D eigenvalue weighted by Crippen LogP contribution is 2.28. The summed E-state index contributed by atoms with van der Waals surface area (Å²) in [7, 11) is 0. The van der Waals surface area contributed by atoms with Gasteiger partial charge in [-0.2, -0.15) is 0 Å². The van der Waals surface area contributed by atoms with Crippen LogP contribution in [0.4, 0.5) is 0 Å². The lowest BCUT2D eigenvalue weighted by molar-refractivity contribution is -0.139. The third-order valence-corrected chi connectivity index (χ3v) is 2.00. The Morgan fingerprint density at radius 3 is 2.20 bits per heavy atom. The molecule has 0 atom stereocenters. The predicted molar refractivity (Wildman–Crippen MR) is 51.1 cm³/mol. The van der Waals surface area contributed by atoms with Crippen LogP contribution in [0.3, 0.4) is 0 Å². The van der Waals surface area contributed by atoms with E-state index in [9.17, 15) is 14.4 Å². The van der Waals surface area contributed by atoms with Crippen LogP contribution in [-0.4, -0.2) is 30.8 Å². The minimum Gasteiger partial charge on any atom is -0.354 e. The van der Waals surface area contributed by atoms with Crippen LogP contribution in [0, 0.1) is 5.92 Å². The molecule has 0 radical (unpaired) electrons. The minimum absolute atomic E-state index is 0.00697. The first-order chi connectivity index (χ1) is 7.15. The number of hydrogen-bond donors (Lipinski definition) is 4. The van der Waals surface area contributed by atoms with Gasteiger partial charge in [0.2, 0.25) is 5.91 Å². The van der Waals surface area contributed by atoms with Crippen molar-refractivity contribution in [2.45, 2.75) is 12.8 Å². The molecule has 1 saturated carbocycles. The van der Waals surface area contributed by atoms with Crippen molar-refractivity contribution in [2.24, 2.45) is 11.8 Å². The lowest BCUT2D eigenvalue weighted by atomic mass is 10.4. The second-order valence-electron chi connectivity index (χ2n) is 3.29. The molecular weight excluding hydrogens is 200 g/mol. The van der Waals surface area contributed by atoms with E-state index in [1.54, 1.807) is 5.43 Å². The molecule has 1 aliphatic rings. The Bertz CT molecular complexity index is 275. The molecular formula is C8H14N4O3.